The molecule has 144 valence electrons. The van der Waals surface area contributed by atoms with Crippen molar-refractivity contribution in [2.45, 2.75) is 6.54 Å². The van der Waals surface area contributed by atoms with Crippen LogP contribution >= 0.6 is 0 Å². The number of carbonyl (C=O) groups is 3. The third-order valence-corrected chi connectivity index (χ3v) is 4.06. The van der Waals surface area contributed by atoms with Crippen molar-refractivity contribution in [2.75, 3.05) is 23.9 Å². The second-order valence-corrected chi connectivity index (χ2v) is 5.84. The summed E-state index contributed by atoms with van der Waals surface area (Å²) in [6.45, 7) is -0.879. The van der Waals surface area contributed by atoms with Crippen LogP contribution in [-0.2, 0) is 20.9 Å². The lowest BCUT2D eigenvalue weighted by atomic mass is 10.2. The summed E-state index contributed by atoms with van der Waals surface area (Å²) in [7, 11) is 1.08. The molecule has 11 nitrogen and oxygen atoms in total. The van der Waals surface area contributed by atoms with E-state index in [-0.39, 0.29) is 12.1 Å². The van der Waals surface area contributed by atoms with E-state index in [0.717, 1.165) is 28.8 Å². The molecule has 1 aliphatic heterocycles. The number of anilines is 2. The number of nitrogens with one attached hydrogen (secondary N) is 1. The Bertz CT molecular complexity index is 1060. The average molecular weight is 386 g/mol. The van der Waals surface area contributed by atoms with Crippen LogP contribution in [0.1, 0.15) is 10.4 Å². The Balaban J connectivity index is 2.00. The zero-order valence-electron chi connectivity index (χ0n) is 14.6. The number of hydrogen-bond donors (Lipinski definition) is 1. The van der Waals surface area contributed by atoms with E-state index in [4.69, 9.17) is 0 Å². The number of methoxy groups -OCH3 is 1. The number of para-hydroxylation sites is 2. The molecule has 0 atom stereocenters. The van der Waals surface area contributed by atoms with Crippen molar-refractivity contribution in [1.29, 1.82) is 0 Å². The molecule has 0 saturated heterocycles. The third kappa shape index (κ3) is 3.45. The Labute approximate surface area is 157 Å². The lowest BCUT2D eigenvalue weighted by Gasteiger charge is -2.29. The van der Waals surface area contributed by atoms with Gasteiger partial charge in [-0.1, -0.05) is 12.1 Å². The molecular formula is C17H14N4O7. The standard InChI is InChI=1S/C17H14N4O7/c1-28-17(25)10-6-13(21(26)27)16(24)19(7-10)9-15(23)20-8-14(22)18-11-4-2-3-5-12(11)20/h2-7H,8-9H2,1H3,(H,18,22). The predicted molar refractivity (Wildman–Crippen MR) is 96.1 cm³/mol. The van der Waals surface area contributed by atoms with Crippen LogP contribution in [-0.4, -0.2) is 40.9 Å². The fourth-order valence-electron chi connectivity index (χ4n) is 2.78. The second-order valence-electron chi connectivity index (χ2n) is 5.84. The Morgan fingerprint density at radius 1 is 1.29 bits per heavy atom. The predicted octanol–water partition coefficient (Wildman–Crippen LogP) is 0.528. The average Bonchev–Trinajstić information content (AvgIpc) is 2.67. The van der Waals surface area contributed by atoms with Gasteiger partial charge in [0.15, 0.2) is 0 Å². The molecule has 0 aliphatic carbocycles. The topological polar surface area (TPSA) is 141 Å². The Morgan fingerprint density at radius 2 is 2.00 bits per heavy atom. The lowest BCUT2D eigenvalue weighted by Crippen LogP contribution is -2.44. The molecule has 1 aromatic heterocycles. The number of nitrogens with zero attached hydrogens (tertiary/aromatic N) is 3. The highest BCUT2D eigenvalue weighted by atomic mass is 16.6. The maximum Gasteiger partial charge on any atom is 0.339 e. The molecule has 0 spiro atoms. The number of carbonyl (C=O) groups excluding carboxylic acids is 3. The van der Waals surface area contributed by atoms with Crippen molar-refractivity contribution in [3.63, 3.8) is 0 Å². The molecule has 1 aliphatic rings. The molecular weight excluding hydrogens is 372 g/mol. The summed E-state index contributed by atoms with van der Waals surface area (Å²) >= 11 is 0. The van der Waals surface area contributed by atoms with Gasteiger partial charge in [-0.15, -0.1) is 0 Å². The minimum Gasteiger partial charge on any atom is -0.465 e. The molecule has 11 heteroatoms. The molecule has 0 radical (unpaired) electrons. The van der Waals surface area contributed by atoms with Crippen LogP contribution in [0.15, 0.2) is 41.3 Å². The fourth-order valence-corrected chi connectivity index (χ4v) is 2.78. The van der Waals surface area contributed by atoms with Crippen molar-refractivity contribution >= 4 is 34.8 Å². The number of nitro groups is 1. The molecule has 1 aromatic carbocycles. The summed E-state index contributed by atoms with van der Waals surface area (Å²) in [4.78, 5) is 60.0. The summed E-state index contributed by atoms with van der Waals surface area (Å²) in [6.07, 6.45) is 1.01. The van der Waals surface area contributed by atoms with Crippen molar-refractivity contribution in [3.8, 4) is 0 Å². The van der Waals surface area contributed by atoms with Crippen LogP contribution in [0.4, 0.5) is 17.1 Å². The van der Waals surface area contributed by atoms with E-state index in [2.05, 4.69) is 10.1 Å². The number of benzene rings is 1. The largest absolute Gasteiger partial charge is 0.465 e. The summed E-state index contributed by atoms with van der Waals surface area (Å²) in [6, 6.07) is 7.37. The molecule has 28 heavy (non-hydrogen) atoms. The van der Waals surface area contributed by atoms with Crippen LogP contribution in [0, 0.1) is 10.1 Å². The maximum absolute atomic E-state index is 12.8. The Hall–Kier alpha value is -4.02. The first kappa shape index (κ1) is 18.8. The molecule has 3 rings (SSSR count). The molecule has 2 heterocycles. The zero-order chi connectivity index (χ0) is 20.4. The van der Waals surface area contributed by atoms with E-state index in [9.17, 15) is 29.3 Å². The third-order valence-electron chi connectivity index (χ3n) is 4.06. The maximum atomic E-state index is 12.8. The second kappa shape index (κ2) is 7.31. The number of amides is 2. The van der Waals surface area contributed by atoms with E-state index in [1.807, 2.05) is 0 Å². The lowest BCUT2D eigenvalue weighted by molar-refractivity contribution is -0.386. The van der Waals surface area contributed by atoms with Gasteiger partial charge in [0, 0.05) is 12.3 Å². The molecule has 0 bridgehead atoms. The van der Waals surface area contributed by atoms with Gasteiger partial charge in [0.25, 0.3) is 0 Å². The number of pyridine rings is 1. The quantitative estimate of drug-likeness (QED) is 0.459. The number of fused-ring (bicyclic) bond motifs is 1. The normalized spacial score (nSPS) is 12.8. The van der Waals surface area contributed by atoms with E-state index in [1.165, 1.54) is 0 Å². The first-order chi connectivity index (χ1) is 13.3. The van der Waals surface area contributed by atoms with Crippen LogP contribution in [0.2, 0.25) is 0 Å². The first-order valence-electron chi connectivity index (χ1n) is 7.98. The molecule has 0 saturated carbocycles. The minimum absolute atomic E-state index is 0.251. The smallest absolute Gasteiger partial charge is 0.339 e. The zero-order valence-corrected chi connectivity index (χ0v) is 14.6. The highest BCUT2D eigenvalue weighted by Crippen LogP contribution is 2.29. The summed E-state index contributed by atoms with van der Waals surface area (Å²) < 4.78 is 5.27. The van der Waals surface area contributed by atoms with Crippen molar-refractivity contribution in [2.24, 2.45) is 0 Å². The van der Waals surface area contributed by atoms with Crippen molar-refractivity contribution < 1.29 is 24.0 Å². The molecule has 2 amide bonds. The van der Waals surface area contributed by atoms with Gasteiger partial charge in [-0.2, -0.15) is 0 Å². The minimum atomic E-state index is -1.05. The van der Waals surface area contributed by atoms with Gasteiger partial charge < -0.3 is 10.1 Å². The molecule has 2 aromatic rings. The van der Waals surface area contributed by atoms with Gasteiger partial charge in [0.1, 0.15) is 13.1 Å². The molecule has 0 unspecified atom stereocenters. The Morgan fingerprint density at radius 3 is 2.68 bits per heavy atom. The van der Waals surface area contributed by atoms with Crippen molar-refractivity contribution in [3.05, 3.63) is 62.6 Å². The first-order valence-corrected chi connectivity index (χ1v) is 7.98. The molecule has 1 N–H and O–H groups in total. The van der Waals surface area contributed by atoms with E-state index in [1.54, 1.807) is 24.3 Å². The van der Waals surface area contributed by atoms with E-state index < -0.39 is 40.5 Å². The van der Waals surface area contributed by atoms with Gasteiger partial charge in [0.05, 0.1) is 29.0 Å². The van der Waals surface area contributed by atoms with E-state index in [0.29, 0.717) is 11.4 Å². The summed E-state index contributed by atoms with van der Waals surface area (Å²) in [5.74, 6) is -1.97. The van der Waals surface area contributed by atoms with Crippen LogP contribution in [0.5, 0.6) is 0 Å². The van der Waals surface area contributed by atoms with Gasteiger partial charge >= 0.3 is 17.2 Å². The SMILES string of the molecule is COC(=O)c1cc([N+](=O)[O-])c(=O)n(CC(=O)N2CC(=O)Nc3ccccc32)c1. The van der Waals surface area contributed by atoms with Crippen molar-refractivity contribution in [1.82, 2.24) is 4.57 Å². The van der Waals surface area contributed by atoms with Gasteiger partial charge in [0.2, 0.25) is 11.8 Å². The highest BCUT2D eigenvalue weighted by molar-refractivity contribution is 6.09. The number of rotatable bonds is 4. The van der Waals surface area contributed by atoms with Crippen LogP contribution < -0.4 is 15.8 Å². The van der Waals surface area contributed by atoms with Gasteiger partial charge in [-0.25, -0.2) is 4.79 Å². The number of esters is 1. The summed E-state index contributed by atoms with van der Waals surface area (Å²) in [5, 5.41) is 13.7. The monoisotopic (exact) mass is 386 g/mol. The number of ether oxygens (including phenoxy) is 1. The molecule has 0 fully saturated rings. The van der Waals surface area contributed by atoms with Gasteiger partial charge in [-0.3, -0.25) is 34.0 Å². The van der Waals surface area contributed by atoms with Crippen LogP contribution in [0.3, 0.4) is 0 Å². The Kier molecular flexibility index (Phi) is 4.90. The fraction of sp³-hybridized carbons (Fsp3) is 0.176. The van der Waals surface area contributed by atoms with E-state index >= 15 is 0 Å². The van der Waals surface area contributed by atoms with Crippen LogP contribution in [0.25, 0.3) is 0 Å². The number of hydrogen-bond acceptors (Lipinski definition) is 7. The summed E-state index contributed by atoms with van der Waals surface area (Å²) in [5.41, 5.74) is -1.32. The number of aromatic nitrogens is 1. The highest BCUT2D eigenvalue weighted by Gasteiger charge is 2.28. The van der Waals surface area contributed by atoms with Gasteiger partial charge in [-0.05, 0) is 12.1 Å².